The lowest BCUT2D eigenvalue weighted by Crippen LogP contribution is -2.29. The lowest BCUT2D eigenvalue weighted by Gasteiger charge is -2.11. The van der Waals surface area contributed by atoms with Gasteiger partial charge in [-0.15, -0.1) is 0 Å². The van der Waals surface area contributed by atoms with Crippen LogP contribution in [0.5, 0.6) is 0 Å². The van der Waals surface area contributed by atoms with Gasteiger partial charge in [0, 0.05) is 23.8 Å². The Morgan fingerprint density at radius 2 is 1.95 bits per heavy atom. The molecule has 7 heteroatoms. The lowest BCUT2D eigenvalue weighted by atomic mass is 10.0. The van der Waals surface area contributed by atoms with Crippen LogP contribution < -0.4 is 0 Å². The molecule has 0 radical (unpaired) electrons. The van der Waals surface area contributed by atoms with Crippen molar-refractivity contribution in [1.29, 1.82) is 0 Å². The molecule has 1 aromatic carbocycles. The second kappa shape index (κ2) is 5.59. The van der Waals surface area contributed by atoms with Crippen molar-refractivity contribution in [3.05, 3.63) is 34.9 Å². The van der Waals surface area contributed by atoms with Crippen LogP contribution in [0.25, 0.3) is 0 Å². The molecular weight excluding hydrogens is 316 g/mol. The van der Waals surface area contributed by atoms with Crippen LogP contribution in [0.3, 0.4) is 0 Å². The van der Waals surface area contributed by atoms with E-state index in [2.05, 4.69) is 0 Å². The molecule has 0 unspecified atom stereocenters. The van der Waals surface area contributed by atoms with Crippen molar-refractivity contribution in [1.82, 2.24) is 0 Å². The number of aliphatic carboxylic acids is 1. The van der Waals surface area contributed by atoms with Crippen LogP contribution >= 0.6 is 11.6 Å². The number of halogens is 1. The molecular formula is C14H17ClO5S. The van der Waals surface area contributed by atoms with E-state index < -0.39 is 32.4 Å². The van der Waals surface area contributed by atoms with Crippen LogP contribution in [0.1, 0.15) is 18.4 Å². The second-order valence-electron chi connectivity index (χ2n) is 5.18. The first kappa shape index (κ1) is 16.3. The highest BCUT2D eigenvalue weighted by atomic mass is 35.5. The van der Waals surface area contributed by atoms with E-state index in [9.17, 15) is 18.3 Å². The van der Waals surface area contributed by atoms with Crippen molar-refractivity contribution in [3.8, 4) is 0 Å². The third kappa shape index (κ3) is 2.56. The third-order valence-corrected chi connectivity index (χ3v) is 6.58. The number of carbonyl (C=O) groups is 1. The van der Waals surface area contributed by atoms with Crippen molar-refractivity contribution >= 4 is 27.4 Å². The molecule has 0 spiro atoms. The summed E-state index contributed by atoms with van der Waals surface area (Å²) in [7, 11) is -2.13. The van der Waals surface area contributed by atoms with Gasteiger partial charge in [-0.2, -0.15) is 0 Å². The standard InChI is InChI=1S/C14H17ClO5S/c1-3-21(18,19)12-11(9-4-6-10(15)7-5-9)14(12,8-20-2)13(16)17/h4-7,11-12H,3,8H2,1-2H3,(H,16,17)/t11-,12-,14+/m1/s1. The fraction of sp³-hybridized carbons (Fsp3) is 0.500. The fourth-order valence-electron chi connectivity index (χ4n) is 2.98. The van der Waals surface area contributed by atoms with Crippen LogP contribution in [0, 0.1) is 5.41 Å². The minimum absolute atomic E-state index is 0.0967. The molecule has 0 amide bonds. The maximum absolute atomic E-state index is 12.3. The Morgan fingerprint density at radius 1 is 1.38 bits per heavy atom. The average Bonchev–Trinajstić information content (AvgIpc) is 3.11. The number of rotatable bonds is 6. The number of sulfone groups is 1. The van der Waals surface area contributed by atoms with Crippen molar-refractivity contribution in [2.75, 3.05) is 19.5 Å². The minimum Gasteiger partial charge on any atom is -0.481 e. The smallest absolute Gasteiger partial charge is 0.314 e. The Labute approximate surface area is 128 Å². The van der Waals surface area contributed by atoms with Gasteiger partial charge in [-0.1, -0.05) is 30.7 Å². The number of carboxylic acid groups (broad SMARTS) is 1. The Balaban J connectivity index is 2.51. The molecule has 1 aliphatic carbocycles. The molecule has 116 valence electrons. The van der Waals surface area contributed by atoms with Gasteiger partial charge in [-0.05, 0) is 17.7 Å². The molecule has 1 N–H and O–H groups in total. The van der Waals surface area contributed by atoms with Crippen LogP contribution in [-0.4, -0.2) is 44.2 Å². The van der Waals surface area contributed by atoms with E-state index in [1.807, 2.05) is 0 Å². The van der Waals surface area contributed by atoms with E-state index in [1.165, 1.54) is 14.0 Å². The first-order chi connectivity index (χ1) is 9.81. The topological polar surface area (TPSA) is 80.7 Å². The first-order valence-corrected chi connectivity index (χ1v) is 8.60. The quantitative estimate of drug-likeness (QED) is 0.861. The van der Waals surface area contributed by atoms with Gasteiger partial charge in [0.05, 0.1) is 11.9 Å². The number of methoxy groups -OCH3 is 1. The van der Waals surface area contributed by atoms with Gasteiger partial charge < -0.3 is 9.84 Å². The van der Waals surface area contributed by atoms with Gasteiger partial charge in [0.2, 0.25) is 0 Å². The van der Waals surface area contributed by atoms with Crippen molar-refractivity contribution in [2.45, 2.75) is 18.1 Å². The number of ether oxygens (including phenoxy) is 1. The average molecular weight is 333 g/mol. The zero-order valence-corrected chi connectivity index (χ0v) is 13.3. The SMILES string of the molecule is CCS(=O)(=O)[C@@H]1[C@@H](c2ccc(Cl)cc2)[C@]1(COC)C(=O)O. The summed E-state index contributed by atoms with van der Waals surface area (Å²) in [5, 5.41) is 9.13. The van der Waals surface area contributed by atoms with Gasteiger partial charge >= 0.3 is 5.97 Å². The van der Waals surface area contributed by atoms with E-state index >= 15 is 0 Å². The summed E-state index contributed by atoms with van der Waals surface area (Å²) in [4.78, 5) is 11.7. The highest BCUT2D eigenvalue weighted by Gasteiger charge is 2.75. The molecule has 1 saturated carbocycles. The maximum Gasteiger partial charge on any atom is 0.314 e. The molecule has 21 heavy (non-hydrogen) atoms. The molecule has 1 fully saturated rings. The van der Waals surface area contributed by atoms with E-state index in [0.29, 0.717) is 10.6 Å². The first-order valence-electron chi connectivity index (χ1n) is 6.50. The van der Waals surface area contributed by atoms with E-state index in [4.69, 9.17) is 16.3 Å². The molecule has 0 saturated heterocycles. The summed E-state index contributed by atoms with van der Waals surface area (Å²) >= 11 is 5.83. The normalized spacial score (nSPS) is 28.3. The van der Waals surface area contributed by atoms with E-state index in [1.54, 1.807) is 24.3 Å². The molecule has 0 aromatic heterocycles. The number of hydrogen-bond acceptors (Lipinski definition) is 4. The summed E-state index contributed by atoms with van der Waals surface area (Å²) in [6.07, 6.45) is 0. The van der Waals surface area contributed by atoms with Gasteiger partial charge in [0.15, 0.2) is 9.84 Å². The molecule has 5 nitrogen and oxygen atoms in total. The fourth-order valence-corrected chi connectivity index (χ4v) is 5.16. The zero-order valence-electron chi connectivity index (χ0n) is 11.7. The molecule has 3 atom stereocenters. The molecule has 2 rings (SSSR count). The monoisotopic (exact) mass is 332 g/mol. The van der Waals surface area contributed by atoms with Crippen molar-refractivity contribution < 1.29 is 23.1 Å². The van der Waals surface area contributed by atoms with Crippen LogP contribution in [0.4, 0.5) is 0 Å². The summed E-state index contributed by atoms with van der Waals surface area (Å²) in [5.74, 6) is -1.86. The van der Waals surface area contributed by atoms with Crippen molar-refractivity contribution in [2.24, 2.45) is 5.41 Å². The lowest BCUT2D eigenvalue weighted by molar-refractivity contribution is -0.145. The molecule has 1 aliphatic rings. The summed E-state index contributed by atoms with van der Waals surface area (Å²) < 4.78 is 29.5. The Bertz CT molecular complexity index is 640. The Kier molecular flexibility index (Phi) is 4.33. The number of benzene rings is 1. The van der Waals surface area contributed by atoms with Crippen LogP contribution in [-0.2, 0) is 19.4 Å². The van der Waals surface area contributed by atoms with Gasteiger partial charge in [0.25, 0.3) is 0 Å². The van der Waals surface area contributed by atoms with Crippen LogP contribution in [0.2, 0.25) is 5.02 Å². The largest absolute Gasteiger partial charge is 0.481 e. The van der Waals surface area contributed by atoms with Crippen LogP contribution in [0.15, 0.2) is 24.3 Å². The Hall–Kier alpha value is -1.11. The van der Waals surface area contributed by atoms with Crippen molar-refractivity contribution in [3.63, 3.8) is 0 Å². The van der Waals surface area contributed by atoms with E-state index in [-0.39, 0.29) is 12.4 Å². The molecule has 1 aromatic rings. The highest BCUT2D eigenvalue weighted by Crippen LogP contribution is 2.63. The molecule has 0 heterocycles. The summed E-state index contributed by atoms with van der Waals surface area (Å²) in [6, 6.07) is 6.60. The van der Waals surface area contributed by atoms with Gasteiger partial charge in [-0.3, -0.25) is 4.79 Å². The predicted molar refractivity (Wildman–Crippen MR) is 79.4 cm³/mol. The van der Waals surface area contributed by atoms with Gasteiger partial charge in [0.1, 0.15) is 5.41 Å². The summed E-state index contributed by atoms with van der Waals surface area (Å²) in [5.41, 5.74) is -0.766. The van der Waals surface area contributed by atoms with Gasteiger partial charge in [-0.25, -0.2) is 8.42 Å². The summed E-state index contributed by atoms with van der Waals surface area (Å²) in [6.45, 7) is 1.38. The second-order valence-corrected chi connectivity index (χ2v) is 8.03. The van der Waals surface area contributed by atoms with E-state index in [0.717, 1.165) is 0 Å². The number of carboxylic acids is 1. The highest BCUT2D eigenvalue weighted by molar-refractivity contribution is 7.92. The molecule has 0 aliphatic heterocycles. The maximum atomic E-state index is 12.3. The molecule has 0 bridgehead atoms. The third-order valence-electron chi connectivity index (χ3n) is 4.06. The Morgan fingerprint density at radius 3 is 2.38 bits per heavy atom. The minimum atomic E-state index is -3.50. The number of hydrogen-bond donors (Lipinski definition) is 1. The predicted octanol–water partition coefficient (Wildman–Crippen LogP) is 1.96. The zero-order chi connectivity index (χ0) is 15.8.